The fraction of sp³-hybridized carbons (Fsp3) is 0. The number of nitro benzene ring substituents is 1. The number of rotatable bonds is 3. The molecular formula is C15H8BrIN2O3. The van der Waals surface area contributed by atoms with Gasteiger partial charge < -0.3 is 5.11 Å². The largest absolute Gasteiger partial charge is 0.506 e. The molecule has 22 heavy (non-hydrogen) atoms. The van der Waals surface area contributed by atoms with Crippen molar-refractivity contribution in [2.75, 3.05) is 0 Å². The molecule has 0 aliphatic heterocycles. The van der Waals surface area contributed by atoms with E-state index in [-0.39, 0.29) is 11.4 Å². The number of halogens is 2. The Morgan fingerprint density at radius 2 is 2.00 bits per heavy atom. The molecule has 0 unspecified atom stereocenters. The van der Waals surface area contributed by atoms with E-state index in [1.807, 2.05) is 28.7 Å². The first-order chi connectivity index (χ1) is 10.4. The molecule has 0 heterocycles. The van der Waals surface area contributed by atoms with Crippen LogP contribution < -0.4 is 0 Å². The molecule has 2 aromatic carbocycles. The minimum Gasteiger partial charge on any atom is -0.506 e. The van der Waals surface area contributed by atoms with Crippen LogP contribution in [0.2, 0.25) is 0 Å². The van der Waals surface area contributed by atoms with Gasteiger partial charge in [-0.25, -0.2) is 0 Å². The molecule has 0 saturated heterocycles. The zero-order valence-electron chi connectivity index (χ0n) is 11.0. The Bertz CT molecular complexity index is 811. The lowest BCUT2D eigenvalue weighted by Gasteiger charge is -2.05. The van der Waals surface area contributed by atoms with Gasteiger partial charge in [0.15, 0.2) is 0 Å². The molecule has 0 spiro atoms. The first-order valence-corrected chi connectivity index (χ1v) is 7.84. The highest BCUT2D eigenvalue weighted by Gasteiger charge is 2.10. The second-order valence-corrected chi connectivity index (χ2v) is 6.38. The summed E-state index contributed by atoms with van der Waals surface area (Å²) in [6, 6.07) is 11.2. The van der Waals surface area contributed by atoms with Crippen molar-refractivity contribution in [1.82, 2.24) is 0 Å². The molecule has 7 heteroatoms. The standard InChI is InChI=1S/C15H8BrIN2O3/c16-12-6-10(15(20)14(17)7-12)5-11(8-18)9-1-3-13(4-2-9)19(21)22/h1-7,20H/b11-5+. The van der Waals surface area contributed by atoms with Gasteiger partial charge in [-0.1, -0.05) is 15.9 Å². The molecule has 110 valence electrons. The van der Waals surface area contributed by atoms with E-state index in [9.17, 15) is 20.5 Å². The monoisotopic (exact) mass is 470 g/mol. The summed E-state index contributed by atoms with van der Waals surface area (Å²) in [6.07, 6.45) is 1.55. The number of phenolic OH excluding ortho intramolecular Hbond substituents is 1. The smallest absolute Gasteiger partial charge is 0.269 e. The molecule has 2 aromatic rings. The van der Waals surface area contributed by atoms with E-state index >= 15 is 0 Å². The van der Waals surface area contributed by atoms with E-state index < -0.39 is 4.92 Å². The Kier molecular flexibility index (Phi) is 5.15. The maximum atomic E-state index is 10.6. The van der Waals surface area contributed by atoms with Crippen LogP contribution in [0.15, 0.2) is 40.9 Å². The van der Waals surface area contributed by atoms with Crippen LogP contribution in [0.5, 0.6) is 5.75 Å². The van der Waals surface area contributed by atoms with Crippen LogP contribution in [-0.4, -0.2) is 10.0 Å². The van der Waals surface area contributed by atoms with Gasteiger partial charge in [0.25, 0.3) is 5.69 Å². The Morgan fingerprint density at radius 3 is 2.55 bits per heavy atom. The van der Waals surface area contributed by atoms with Crippen molar-refractivity contribution < 1.29 is 10.0 Å². The van der Waals surface area contributed by atoms with E-state index in [0.29, 0.717) is 20.3 Å². The second-order valence-electron chi connectivity index (χ2n) is 4.30. The third kappa shape index (κ3) is 3.64. The van der Waals surface area contributed by atoms with Crippen LogP contribution in [0.3, 0.4) is 0 Å². The van der Waals surface area contributed by atoms with Gasteiger partial charge in [-0.2, -0.15) is 5.26 Å². The van der Waals surface area contributed by atoms with Crippen LogP contribution in [0.4, 0.5) is 5.69 Å². The third-order valence-corrected chi connectivity index (χ3v) is 4.15. The van der Waals surface area contributed by atoms with Crippen molar-refractivity contribution in [1.29, 1.82) is 5.26 Å². The Labute approximate surface area is 148 Å². The Hall–Kier alpha value is -1.92. The maximum absolute atomic E-state index is 10.6. The van der Waals surface area contributed by atoms with E-state index in [1.54, 1.807) is 18.2 Å². The van der Waals surface area contributed by atoms with Gasteiger partial charge in [0.2, 0.25) is 0 Å². The number of nitrogens with zero attached hydrogens (tertiary/aromatic N) is 2. The van der Waals surface area contributed by atoms with Crippen molar-refractivity contribution in [2.45, 2.75) is 0 Å². The highest BCUT2D eigenvalue weighted by Crippen LogP contribution is 2.31. The number of non-ortho nitro benzene ring substituents is 1. The average molecular weight is 471 g/mol. The fourth-order valence-electron chi connectivity index (χ4n) is 1.79. The fourth-order valence-corrected chi connectivity index (χ4v) is 3.34. The van der Waals surface area contributed by atoms with Crippen LogP contribution in [-0.2, 0) is 0 Å². The summed E-state index contributed by atoms with van der Waals surface area (Å²) < 4.78 is 1.43. The van der Waals surface area contributed by atoms with Crippen LogP contribution in [0.1, 0.15) is 11.1 Å². The molecule has 5 nitrogen and oxygen atoms in total. The van der Waals surface area contributed by atoms with E-state index in [0.717, 1.165) is 4.47 Å². The zero-order chi connectivity index (χ0) is 16.3. The van der Waals surface area contributed by atoms with Gasteiger partial charge in [-0.3, -0.25) is 10.1 Å². The summed E-state index contributed by atoms with van der Waals surface area (Å²) in [7, 11) is 0. The predicted octanol–water partition coefficient (Wildman–Crippen LogP) is 4.73. The van der Waals surface area contributed by atoms with Crippen molar-refractivity contribution in [3.63, 3.8) is 0 Å². The Balaban J connectivity index is 2.48. The maximum Gasteiger partial charge on any atom is 0.269 e. The minimum absolute atomic E-state index is 0.0408. The molecular weight excluding hydrogens is 463 g/mol. The van der Waals surface area contributed by atoms with Crippen molar-refractivity contribution >= 4 is 55.9 Å². The van der Waals surface area contributed by atoms with Gasteiger partial charge in [-0.05, 0) is 58.5 Å². The van der Waals surface area contributed by atoms with Gasteiger partial charge in [0.1, 0.15) is 5.75 Å². The van der Waals surface area contributed by atoms with Crippen LogP contribution in [0.25, 0.3) is 11.6 Å². The number of aromatic hydroxyl groups is 1. The van der Waals surface area contributed by atoms with E-state index in [1.165, 1.54) is 24.3 Å². The summed E-state index contributed by atoms with van der Waals surface area (Å²) in [4.78, 5) is 10.2. The topological polar surface area (TPSA) is 87.2 Å². The first kappa shape index (κ1) is 16.5. The molecule has 0 bridgehead atoms. The lowest BCUT2D eigenvalue weighted by atomic mass is 10.0. The molecule has 0 amide bonds. The molecule has 0 aliphatic rings. The van der Waals surface area contributed by atoms with Crippen molar-refractivity contribution in [2.24, 2.45) is 0 Å². The van der Waals surface area contributed by atoms with Crippen molar-refractivity contribution in [3.05, 3.63) is 65.7 Å². The number of phenols is 1. The lowest BCUT2D eigenvalue weighted by Crippen LogP contribution is -1.89. The number of nitro groups is 1. The molecule has 0 fully saturated rings. The van der Waals surface area contributed by atoms with Crippen LogP contribution in [0, 0.1) is 25.0 Å². The molecule has 1 N–H and O–H groups in total. The number of nitriles is 1. The highest BCUT2D eigenvalue weighted by molar-refractivity contribution is 14.1. The molecule has 0 saturated carbocycles. The summed E-state index contributed by atoms with van der Waals surface area (Å²) in [5, 5.41) is 30.0. The van der Waals surface area contributed by atoms with Gasteiger partial charge in [-0.15, -0.1) is 0 Å². The molecule has 2 rings (SSSR count). The molecule has 0 radical (unpaired) electrons. The number of hydrogen-bond acceptors (Lipinski definition) is 4. The summed E-state index contributed by atoms with van der Waals surface area (Å²) in [6.45, 7) is 0. The number of allylic oxidation sites excluding steroid dienone is 1. The summed E-state index contributed by atoms with van der Waals surface area (Å²) >= 11 is 5.33. The van der Waals surface area contributed by atoms with Crippen LogP contribution >= 0.6 is 38.5 Å². The molecule has 0 aliphatic carbocycles. The second kappa shape index (κ2) is 6.89. The molecule has 0 aromatic heterocycles. The summed E-state index contributed by atoms with van der Waals surface area (Å²) in [5.41, 5.74) is 1.30. The molecule has 0 atom stereocenters. The SMILES string of the molecule is N#C/C(=C\c1cc(Br)cc(I)c1O)c1ccc([N+](=O)[O-])cc1. The van der Waals surface area contributed by atoms with E-state index in [4.69, 9.17) is 0 Å². The number of benzene rings is 2. The zero-order valence-corrected chi connectivity index (χ0v) is 14.7. The first-order valence-electron chi connectivity index (χ1n) is 5.97. The third-order valence-electron chi connectivity index (χ3n) is 2.87. The Morgan fingerprint density at radius 1 is 1.36 bits per heavy atom. The quantitative estimate of drug-likeness (QED) is 0.231. The van der Waals surface area contributed by atoms with E-state index in [2.05, 4.69) is 15.9 Å². The van der Waals surface area contributed by atoms with Gasteiger partial charge >= 0.3 is 0 Å². The normalized spacial score (nSPS) is 11.0. The average Bonchev–Trinajstić information content (AvgIpc) is 2.49. The lowest BCUT2D eigenvalue weighted by molar-refractivity contribution is -0.384. The number of hydrogen-bond donors (Lipinski definition) is 1. The van der Waals surface area contributed by atoms with Gasteiger partial charge in [0.05, 0.1) is 20.1 Å². The highest BCUT2D eigenvalue weighted by atomic mass is 127. The van der Waals surface area contributed by atoms with Gasteiger partial charge in [0, 0.05) is 22.2 Å². The summed E-state index contributed by atoms with van der Waals surface area (Å²) in [5.74, 6) is 0.0819. The predicted molar refractivity (Wildman–Crippen MR) is 95.1 cm³/mol. The minimum atomic E-state index is -0.498. The van der Waals surface area contributed by atoms with Crippen molar-refractivity contribution in [3.8, 4) is 11.8 Å².